The van der Waals surface area contributed by atoms with Crippen molar-refractivity contribution < 1.29 is 9.90 Å². The Morgan fingerprint density at radius 2 is 2.05 bits per heavy atom. The Balaban J connectivity index is 2.06. The summed E-state index contributed by atoms with van der Waals surface area (Å²) in [7, 11) is 0. The Kier molecular flexibility index (Phi) is 4.79. The van der Waals surface area contributed by atoms with Crippen LogP contribution in [0.15, 0.2) is 0 Å². The first-order valence-electron chi connectivity index (χ1n) is 7.30. The molecule has 0 aromatic heterocycles. The Morgan fingerprint density at radius 1 is 1.37 bits per heavy atom. The molecule has 3 N–H and O–H groups in total. The van der Waals surface area contributed by atoms with Crippen LogP contribution in [0.25, 0.3) is 0 Å². The lowest BCUT2D eigenvalue weighted by Crippen LogP contribution is -2.51. The van der Waals surface area contributed by atoms with Gasteiger partial charge in [-0.05, 0) is 31.6 Å². The lowest BCUT2D eigenvalue weighted by atomic mass is 9.73. The van der Waals surface area contributed by atoms with Gasteiger partial charge in [-0.1, -0.05) is 31.5 Å². The fourth-order valence-corrected chi connectivity index (χ4v) is 3.75. The second-order valence-corrected chi connectivity index (χ2v) is 6.36. The zero-order chi connectivity index (χ0) is 13.9. The Hall–Kier alpha value is -0.680. The van der Waals surface area contributed by atoms with Gasteiger partial charge in [0.2, 0.25) is 5.91 Å². The molecule has 0 radical (unpaired) electrons. The molecule has 1 aliphatic heterocycles. The number of nitrogens with zero attached hydrogens (tertiary/aromatic N) is 1. The van der Waals surface area contributed by atoms with Crippen molar-refractivity contribution in [2.24, 2.45) is 17.1 Å². The Morgan fingerprint density at radius 3 is 2.63 bits per heavy atom. The largest absolute Gasteiger partial charge is 0.396 e. The molecule has 1 saturated carbocycles. The van der Waals surface area contributed by atoms with Crippen LogP contribution in [0.5, 0.6) is 0 Å². The van der Waals surface area contributed by atoms with Crippen LogP contribution in [0, 0.1) is 11.3 Å². The number of rotatable bonds is 4. The highest BCUT2D eigenvalue weighted by Gasteiger charge is 2.45. The summed E-state index contributed by atoms with van der Waals surface area (Å²) in [5, 5.41) is 8.99. The standard InChI is InChI=1S/C14H24N2O2S/c15-12(19)14(6-2-1-3-7-14)13(18)16-8-4-11(10-16)5-9-17/h11,17H,1-10H2,(H2,15,19). The van der Waals surface area contributed by atoms with Gasteiger partial charge in [-0.2, -0.15) is 0 Å². The molecule has 19 heavy (non-hydrogen) atoms. The summed E-state index contributed by atoms with van der Waals surface area (Å²) in [5.41, 5.74) is 5.33. The number of hydrogen-bond acceptors (Lipinski definition) is 3. The molecule has 1 aliphatic carbocycles. The molecule has 0 aromatic rings. The van der Waals surface area contributed by atoms with Gasteiger partial charge in [0.15, 0.2) is 0 Å². The highest BCUT2D eigenvalue weighted by Crippen LogP contribution is 2.39. The van der Waals surface area contributed by atoms with Crippen molar-refractivity contribution in [3.8, 4) is 0 Å². The molecule has 0 spiro atoms. The molecule has 4 nitrogen and oxygen atoms in total. The summed E-state index contributed by atoms with van der Waals surface area (Å²) in [5.74, 6) is 0.570. The van der Waals surface area contributed by atoms with Gasteiger partial charge in [0, 0.05) is 19.7 Å². The molecule has 1 unspecified atom stereocenters. The zero-order valence-corrected chi connectivity index (χ0v) is 12.3. The third kappa shape index (κ3) is 2.92. The van der Waals surface area contributed by atoms with E-state index < -0.39 is 5.41 Å². The van der Waals surface area contributed by atoms with Crippen LogP contribution < -0.4 is 5.73 Å². The van der Waals surface area contributed by atoms with Gasteiger partial charge in [0.05, 0.1) is 10.4 Å². The fourth-order valence-electron chi connectivity index (χ4n) is 3.46. The summed E-state index contributed by atoms with van der Waals surface area (Å²) in [4.78, 5) is 15.1. The molecular weight excluding hydrogens is 260 g/mol. The van der Waals surface area contributed by atoms with E-state index in [9.17, 15) is 4.79 Å². The summed E-state index contributed by atoms with van der Waals surface area (Å²) < 4.78 is 0. The average Bonchev–Trinajstić information content (AvgIpc) is 2.87. The predicted octanol–water partition coefficient (Wildman–Crippen LogP) is 1.45. The van der Waals surface area contributed by atoms with Gasteiger partial charge >= 0.3 is 0 Å². The van der Waals surface area contributed by atoms with Gasteiger partial charge in [-0.15, -0.1) is 0 Å². The van der Waals surface area contributed by atoms with Gasteiger partial charge in [-0.3, -0.25) is 4.79 Å². The lowest BCUT2D eigenvalue weighted by molar-refractivity contribution is -0.138. The summed E-state index contributed by atoms with van der Waals surface area (Å²) in [6.07, 6.45) is 6.63. The molecule has 0 aromatic carbocycles. The van der Waals surface area contributed by atoms with Gasteiger partial charge in [-0.25, -0.2) is 0 Å². The number of hydrogen-bond donors (Lipinski definition) is 2. The minimum Gasteiger partial charge on any atom is -0.396 e. The zero-order valence-electron chi connectivity index (χ0n) is 11.4. The number of carbonyl (C=O) groups excluding carboxylic acids is 1. The molecule has 1 saturated heterocycles. The molecular formula is C14H24N2O2S. The van der Waals surface area contributed by atoms with Crippen LogP contribution in [-0.4, -0.2) is 40.6 Å². The first kappa shape index (κ1) is 14.7. The molecule has 2 fully saturated rings. The van der Waals surface area contributed by atoms with Crippen molar-refractivity contribution in [2.75, 3.05) is 19.7 Å². The molecule has 2 rings (SSSR count). The quantitative estimate of drug-likeness (QED) is 0.767. The third-order valence-electron chi connectivity index (χ3n) is 4.70. The molecule has 2 aliphatic rings. The number of carbonyl (C=O) groups is 1. The van der Waals surface area contributed by atoms with Gasteiger partial charge in [0.25, 0.3) is 0 Å². The summed E-state index contributed by atoms with van der Waals surface area (Å²) >= 11 is 5.21. The average molecular weight is 284 g/mol. The first-order chi connectivity index (χ1) is 9.10. The molecule has 1 amide bonds. The van der Waals surface area contributed by atoms with Gasteiger partial charge < -0.3 is 15.7 Å². The van der Waals surface area contributed by atoms with E-state index in [0.29, 0.717) is 10.9 Å². The highest BCUT2D eigenvalue weighted by molar-refractivity contribution is 7.80. The first-order valence-corrected chi connectivity index (χ1v) is 7.71. The minimum absolute atomic E-state index is 0.139. The van der Waals surface area contributed by atoms with Crippen molar-refractivity contribution in [2.45, 2.75) is 44.9 Å². The maximum absolute atomic E-state index is 12.8. The maximum atomic E-state index is 12.8. The van der Waals surface area contributed by atoms with Crippen LogP contribution in [0.1, 0.15) is 44.9 Å². The second kappa shape index (κ2) is 6.18. The fraction of sp³-hybridized carbons (Fsp3) is 0.857. The number of aliphatic hydroxyl groups excluding tert-OH is 1. The Labute approximate surface area is 120 Å². The maximum Gasteiger partial charge on any atom is 0.235 e. The van der Waals surface area contributed by atoms with Crippen molar-refractivity contribution >= 4 is 23.1 Å². The van der Waals surface area contributed by atoms with E-state index in [2.05, 4.69) is 0 Å². The third-order valence-corrected chi connectivity index (χ3v) is 5.09. The van der Waals surface area contributed by atoms with E-state index in [4.69, 9.17) is 23.1 Å². The van der Waals surface area contributed by atoms with Crippen LogP contribution in [0.3, 0.4) is 0 Å². The molecule has 5 heteroatoms. The number of thiocarbonyl (C=S) groups is 1. The van der Waals surface area contributed by atoms with E-state index in [1.54, 1.807) is 0 Å². The van der Waals surface area contributed by atoms with Crippen molar-refractivity contribution in [1.29, 1.82) is 0 Å². The molecule has 1 heterocycles. The highest BCUT2D eigenvalue weighted by atomic mass is 32.1. The summed E-state index contributed by atoms with van der Waals surface area (Å²) in [6.45, 7) is 1.74. The normalized spacial score (nSPS) is 26.4. The molecule has 1 atom stereocenters. The van der Waals surface area contributed by atoms with E-state index in [1.165, 1.54) is 6.42 Å². The van der Waals surface area contributed by atoms with E-state index >= 15 is 0 Å². The molecule has 108 valence electrons. The lowest BCUT2D eigenvalue weighted by Gasteiger charge is -2.37. The summed E-state index contributed by atoms with van der Waals surface area (Å²) in [6, 6.07) is 0. The molecule has 0 bridgehead atoms. The Bertz CT molecular complexity index is 353. The minimum atomic E-state index is -0.582. The predicted molar refractivity (Wildman–Crippen MR) is 78.7 cm³/mol. The van der Waals surface area contributed by atoms with Crippen molar-refractivity contribution in [3.63, 3.8) is 0 Å². The number of likely N-dealkylation sites (tertiary alicyclic amines) is 1. The SMILES string of the molecule is NC(=S)C1(C(=O)N2CCC(CCO)C2)CCCCC1. The van der Waals surface area contributed by atoms with Crippen LogP contribution in [0.2, 0.25) is 0 Å². The van der Waals surface area contributed by atoms with Crippen molar-refractivity contribution in [3.05, 3.63) is 0 Å². The topological polar surface area (TPSA) is 66.6 Å². The number of aliphatic hydroxyl groups is 1. The monoisotopic (exact) mass is 284 g/mol. The number of amides is 1. The van der Waals surface area contributed by atoms with Crippen molar-refractivity contribution in [1.82, 2.24) is 4.90 Å². The van der Waals surface area contributed by atoms with Crippen LogP contribution >= 0.6 is 12.2 Å². The smallest absolute Gasteiger partial charge is 0.235 e. The van der Waals surface area contributed by atoms with E-state index in [-0.39, 0.29) is 12.5 Å². The van der Waals surface area contributed by atoms with Crippen LogP contribution in [-0.2, 0) is 4.79 Å². The van der Waals surface area contributed by atoms with E-state index in [0.717, 1.165) is 51.6 Å². The van der Waals surface area contributed by atoms with E-state index in [1.807, 2.05) is 4.90 Å². The van der Waals surface area contributed by atoms with Crippen LogP contribution in [0.4, 0.5) is 0 Å². The second-order valence-electron chi connectivity index (χ2n) is 5.93. The van der Waals surface area contributed by atoms with Gasteiger partial charge in [0.1, 0.15) is 0 Å². The number of nitrogens with two attached hydrogens (primary N) is 1.